The molecule has 1 saturated heterocycles. The van der Waals surface area contributed by atoms with Crippen molar-refractivity contribution < 1.29 is 32.6 Å². The number of ether oxygens (including phenoxy) is 1. The molecule has 1 aliphatic carbocycles. The molecule has 2 rings (SSSR count). The quantitative estimate of drug-likeness (QED) is 0.674. The van der Waals surface area contributed by atoms with Gasteiger partial charge in [-0.25, -0.2) is 0 Å². The third-order valence-corrected chi connectivity index (χ3v) is 5.14. The van der Waals surface area contributed by atoms with E-state index in [4.69, 9.17) is 5.26 Å². The molecule has 30 heavy (non-hydrogen) atoms. The van der Waals surface area contributed by atoms with Crippen LogP contribution >= 0.6 is 0 Å². The Morgan fingerprint density at radius 3 is 2.73 bits per heavy atom. The first-order chi connectivity index (χ1) is 14.0. The van der Waals surface area contributed by atoms with Crippen molar-refractivity contribution in [3.63, 3.8) is 0 Å². The van der Waals surface area contributed by atoms with Crippen LogP contribution in [0.1, 0.15) is 33.1 Å². The Balaban J connectivity index is 2.00. The molecule has 0 aromatic rings. The Morgan fingerprint density at radius 1 is 1.43 bits per heavy atom. The summed E-state index contributed by atoms with van der Waals surface area (Å²) in [4.78, 5) is 26.3. The van der Waals surface area contributed by atoms with Crippen LogP contribution in [0.15, 0.2) is 23.5 Å². The number of amides is 2. The molecular weight excluding hydrogens is 403 g/mol. The highest BCUT2D eigenvalue weighted by atomic mass is 19.4. The fourth-order valence-electron chi connectivity index (χ4n) is 3.41. The number of hydrogen-bond donors (Lipinski definition) is 2. The van der Waals surface area contributed by atoms with E-state index < -0.39 is 36.0 Å². The molecule has 0 bridgehead atoms. The van der Waals surface area contributed by atoms with Crippen LogP contribution < -0.4 is 5.32 Å². The summed E-state index contributed by atoms with van der Waals surface area (Å²) in [5, 5.41) is 21.5. The topological polar surface area (TPSA) is 103 Å². The van der Waals surface area contributed by atoms with Gasteiger partial charge in [0.05, 0.1) is 17.9 Å². The van der Waals surface area contributed by atoms with Gasteiger partial charge in [-0.3, -0.25) is 9.59 Å². The van der Waals surface area contributed by atoms with Gasteiger partial charge < -0.3 is 20.1 Å². The number of alkyl halides is 3. The monoisotopic (exact) mass is 429 g/mol. The SMILES string of the molecule is CC(C)[C@@H](O)C(=O)N1CCC[C@@H](C(=O)NCC2=C(OC(F)(F)F)CC(C#N)C=C2)C1. The number of halogens is 3. The largest absolute Gasteiger partial charge is 0.572 e. The first kappa shape index (κ1) is 23.7. The van der Waals surface area contributed by atoms with Crippen LogP contribution in [0.3, 0.4) is 0 Å². The molecule has 0 spiro atoms. The fraction of sp³-hybridized carbons (Fsp3) is 0.650. The lowest BCUT2D eigenvalue weighted by atomic mass is 9.94. The lowest BCUT2D eigenvalue weighted by Crippen LogP contribution is -2.49. The van der Waals surface area contributed by atoms with Gasteiger partial charge in [-0.05, 0) is 18.8 Å². The number of likely N-dealkylation sites (tertiary alicyclic amines) is 1. The molecule has 2 aliphatic rings. The molecule has 0 aromatic heterocycles. The highest BCUT2D eigenvalue weighted by Crippen LogP contribution is 2.30. The number of nitrogens with one attached hydrogen (secondary N) is 1. The van der Waals surface area contributed by atoms with E-state index in [2.05, 4.69) is 10.1 Å². The van der Waals surface area contributed by atoms with E-state index in [1.165, 1.54) is 17.1 Å². The molecule has 2 N–H and O–H groups in total. The number of carbonyl (C=O) groups excluding carboxylic acids is 2. The Morgan fingerprint density at radius 2 is 2.13 bits per heavy atom. The molecule has 3 atom stereocenters. The second-order valence-corrected chi connectivity index (χ2v) is 7.83. The van der Waals surface area contributed by atoms with E-state index in [9.17, 15) is 27.9 Å². The summed E-state index contributed by atoms with van der Waals surface area (Å²) in [5.74, 6) is -2.70. The minimum atomic E-state index is -4.89. The van der Waals surface area contributed by atoms with Crippen molar-refractivity contribution in [1.29, 1.82) is 5.26 Å². The lowest BCUT2D eigenvalue weighted by molar-refractivity contribution is -0.307. The number of piperidine rings is 1. The highest BCUT2D eigenvalue weighted by molar-refractivity contribution is 5.83. The summed E-state index contributed by atoms with van der Waals surface area (Å²) in [6.45, 7) is 3.85. The van der Waals surface area contributed by atoms with Crippen LogP contribution in [-0.2, 0) is 14.3 Å². The summed E-state index contributed by atoms with van der Waals surface area (Å²) in [6, 6.07) is 1.88. The van der Waals surface area contributed by atoms with Crippen LogP contribution in [0.5, 0.6) is 0 Å². The van der Waals surface area contributed by atoms with E-state index in [1.807, 2.05) is 6.07 Å². The van der Waals surface area contributed by atoms with Crippen LogP contribution in [0.4, 0.5) is 13.2 Å². The Kier molecular flexibility index (Phi) is 7.89. The van der Waals surface area contributed by atoms with Gasteiger partial charge in [-0.1, -0.05) is 26.0 Å². The van der Waals surface area contributed by atoms with Gasteiger partial charge in [-0.15, -0.1) is 13.2 Å². The molecule has 1 unspecified atom stereocenters. The minimum absolute atomic E-state index is 0.145. The van der Waals surface area contributed by atoms with Gasteiger partial charge in [0.1, 0.15) is 11.9 Å². The van der Waals surface area contributed by atoms with Crippen LogP contribution in [-0.4, -0.2) is 53.9 Å². The molecular formula is C20H26F3N3O4. The number of carbonyl (C=O) groups is 2. The van der Waals surface area contributed by atoms with E-state index in [-0.39, 0.29) is 36.9 Å². The van der Waals surface area contributed by atoms with Gasteiger partial charge in [0, 0.05) is 31.6 Å². The maximum Gasteiger partial charge on any atom is 0.572 e. The van der Waals surface area contributed by atoms with Crippen molar-refractivity contribution >= 4 is 11.8 Å². The summed E-state index contributed by atoms with van der Waals surface area (Å²) in [5.41, 5.74) is 0.145. The smallest absolute Gasteiger partial charge is 0.410 e. The number of rotatable bonds is 6. The van der Waals surface area contributed by atoms with Gasteiger partial charge in [0.25, 0.3) is 5.91 Å². The van der Waals surface area contributed by atoms with Crippen LogP contribution in [0, 0.1) is 29.1 Å². The molecule has 1 heterocycles. The first-order valence-corrected chi connectivity index (χ1v) is 9.82. The predicted octanol–water partition coefficient (Wildman–Crippen LogP) is 2.25. The zero-order chi connectivity index (χ0) is 22.5. The summed E-state index contributed by atoms with van der Waals surface area (Å²) >= 11 is 0. The highest BCUT2D eigenvalue weighted by Gasteiger charge is 2.35. The average molecular weight is 429 g/mol. The Hall–Kier alpha value is -2.54. The minimum Gasteiger partial charge on any atom is -0.410 e. The van der Waals surface area contributed by atoms with Crippen molar-refractivity contribution in [3.05, 3.63) is 23.5 Å². The molecule has 1 aliphatic heterocycles. The molecule has 0 radical (unpaired) electrons. The zero-order valence-electron chi connectivity index (χ0n) is 16.9. The normalized spacial score (nSPS) is 23.2. The van der Waals surface area contributed by atoms with Crippen LogP contribution in [0.25, 0.3) is 0 Å². The number of hydrogen-bond acceptors (Lipinski definition) is 5. The lowest BCUT2D eigenvalue weighted by Gasteiger charge is -2.34. The predicted molar refractivity (Wildman–Crippen MR) is 100 cm³/mol. The van der Waals surface area contributed by atoms with E-state index in [1.54, 1.807) is 13.8 Å². The van der Waals surface area contributed by atoms with Gasteiger partial charge >= 0.3 is 6.36 Å². The molecule has 7 nitrogen and oxygen atoms in total. The number of aliphatic hydroxyl groups excluding tert-OH is 1. The number of allylic oxidation sites excluding steroid dienone is 2. The van der Waals surface area contributed by atoms with E-state index >= 15 is 0 Å². The first-order valence-electron chi connectivity index (χ1n) is 9.82. The van der Waals surface area contributed by atoms with E-state index in [0.29, 0.717) is 19.4 Å². The Labute approximate surface area is 173 Å². The molecule has 0 aromatic carbocycles. The maximum atomic E-state index is 12.7. The number of aliphatic hydroxyl groups is 1. The number of nitriles is 1. The van der Waals surface area contributed by atoms with Crippen molar-refractivity contribution in [2.45, 2.75) is 45.6 Å². The average Bonchev–Trinajstić information content (AvgIpc) is 2.70. The zero-order valence-corrected chi connectivity index (χ0v) is 16.9. The fourth-order valence-corrected chi connectivity index (χ4v) is 3.41. The molecule has 0 saturated carbocycles. The standard InChI is InChI=1S/C20H26F3N3O4/c1-12(2)17(27)19(29)26-7-3-4-15(11-26)18(28)25-10-14-6-5-13(9-24)8-16(14)30-20(21,22)23/h5-6,12-13,15,17,27H,3-4,7-8,10-11H2,1-2H3,(H,25,28)/t13?,15-,17-/m1/s1. The second-order valence-electron chi connectivity index (χ2n) is 7.83. The summed E-state index contributed by atoms with van der Waals surface area (Å²) in [6.07, 6.45) is -2.31. The Bertz CT molecular complexity index is 755. The molecule has 2 amide bonds. The van der Waals surface area contributed by atoms with E-state index in [0.717, 1.165) is 0 Å². The van der Waals surface area contributed by atoms with Crippen molar-refractivity contribution in [1.82, 2.24) is 10.2 Å². The van der Waals surface area contributed by atoms with Gasteiger partial charge in [0.15, 0.2) is 0 Å². The number of nitrogens with zero attached hydrogens (tertiary/aromatic N) is 2. The van der Waals surface area contributed by atoms with Crippen molar-refractivity contribution in [2.24, 2.45) is 17.8 Å². The van der Waals surface area contributed by atoms with Crippen LogP contribution in [0.2, 0.25) is 0 Å². The molecule has 10 heteroatoms. The third kappa shape index (κ3) is 6.49. The van der Waals surface area contributed by atoms with Crippen molar-refractivity contribution in [3.8, 4) is 6.07 Å². The second kappa shape index (κ2) is 9.98. The third-order valence-electron chi connectivity index (χ3n) is 5.14. The summed E-state index contributed by atoms with van der Waals surface area (Å²) in [7, 11) is 0. The van der Waals surface area contributed by atoms with Gasteiger partial charge in [0.2, 0.25) is 5.91 Å². The molecule has 1 fully saturated rings. The molecule has 166 valence electrons. The van der Waals surface area contributed by atoms with Gasteiger partial charge in [-0.2, -0.15) is 5.26 Å². The maximum absolute atomic E-state index is 12.7. The summed E-state index contributed by atoms with van der Waals surface area (Å²) < 4.78 is 42.0. The van der Waals surface area contributed by atoms with Crippen molar-refractivity contribution in [2.75, 3.05) is 19.6 Å².